The molecule has 1 atom stereocenters. The first-order valence-electron chi connectivity index (χ1n) is 6.60. The molecule has 1 aromatic carbocycles. The van der Waals surface area contributed by atoms with E-state index in [0.717, 1.165) is 5.69 Å². The Morgan fingerprint density at radius 1 is 1.33 bits per heavy atom. The molecule has 0 aliphatic rings. The zero-order chi connectivity index (χ0) is 15.2. The summed E-state index contributed by atoms with van der Waals surface area (Å²) in [6.45, 7) is 3.45. The molecule has 0 bridgehead atoms. The van der Waals surface area contributed by atoms with E-state index < -0.39 is 5.97 Å². The number of esters is 1. The van der Waals surface area contributed by atoms with Crippen molar-refractivity contribution in [3.05, 3.63) is 48.5 Å². The van der Waals surface area contributed by atoms with E-state index in [4.69, 9.17) is 4.74 Å². The van der Waals surface area contributed by atoms with Gasteiger partial charge in [-0.3, -0.25) is 4.79 Å². The van der Waals surface area contributed by atoms with E-state index in [9.17, 15) is 9.59 Å². The minimum Gasteiger partial charge on any atom is -0.457 e. The summed E-state index contributed by atoms with van der Waals surface area (Å²) in [5, 5.41) is 2.60. The van der Waals surface area contributed by atoms with Gasteiger partial charge < -0.3 is 14.6 Å². The number of nitrogens with zero attached hydrogens (tertiary/aromatic N) is 2. The SMILES string of the molecule is CC(=O)NCC(C)OC(=O)c1ccc(-n2ccnc2)cc1. The summed E-state index contributed by atoms with van der Waals surface area (Å²) in [7, 11) is 0. The number of rotatable bonds is 5. The summed E-state index contributed by atoms with van der Waals surface area (Å²) in [5.41, 5.74) is 1.38. The first-order valence-corrected chi connectivity index (χ1v) is 6.60. The number of hydrogen-bond donors (Lipinski definition) is 1. The molecule has 2 rings (SSSR count). The minimum absolute atomic E-state index is 0.150. The van der Waals surface area contributed by atoms with Crippen LogP contribution in [-0.2, 0) is 9.53 Å². The summed E-state index contributed by atoms with van der Waals surface area (Å²) < 4.78 is 7.09. The molecular weight excluding hydrogens is 270 g/mol. The van der Waals surface area contributed by atoms with Crippen LogP contribution in [0.4, 0.5) is 0 Å². The minimum atomic E-state index is -0.412. The largest absolute Gasteiger partial charge is 0.457 e. The number of imidazole rings is 1. The molecular formula is C15H17N3O3. The van der Waals surface area contributed by atoms with Crippen LogP contribution >= 0.6 is 0 Å². The summed E-state index contributed by atoms with van der Waals surface area (Å²) >= 11 is 0. The number of hydrogen-bond acceptors (Lipinski definition) is 4. The summed E-state index contributed by atoms with van der Waals surface area (Å²) in [5.74, 6) is -0.562. The van der Waals surface area contributed by atoms with Crippen molar-refractivity contribution in [1.29, 1.82) is 0 Å². The highest BCUT2D eigenvalue weighted by Gasteiger charge is 2.12. The van der Waals surface area contributed by atoms with Gasteiger partial charge in [-0.1, -0.05) is 0 Å². The molecule has 0 fully saturated rings. The number of amides is 1. The van der Waals surface area contributed by atoms with E-state index >= 15 is 0 Å². The lowest BCUT2D eigenvalue weighted by molar-refractivity contribution is -0.119. The second kappa shape index (κ2) is 6.69. The highest BCUT2D eigenvalue weighted by Crippen LogP contribution is 2.11. The van der Waals surface area contributed by atoms with Crippen molar-refractivity contribution in [2.75, 3.05) is 6.54 Å². The van der Waals surface area contributed by atoms with Gasteiger partial charge in [-0.25, -0.2) is 9.78 Å². The Morgan fingerprint density at radius 3 is 2.62 bits per heavy atom. The van der Waals surface area contributed by atoms with Gasteiger partial charge in [0.05, 0.1) is 18.4 Å². The Balaban J connectivity index is 1.95. The highest BCUT2D eigenvalue weighted by atomic mass is 16.5. The van der Waals surface area contributed by atoms with Gasteiger partial charge in [0, 0.05) is 25.0 Å². The highest BCUT2D eigenvalue weighted by molar-refractivity contribution is 5.89. The van der Waals surface area contributed by atoms with E-state index in [1.165, 1.54) is 6.92 Å². The van der Waals surface area contributed by atoms with Crippen molar-refractivity contribution in [3.63, 3.8) is 0 Å². The van der Waals surface area contributed by atoms with E-state index in [1.54, 1.807) is 31.6 Å². The Kier molecular flexibility index (Phi) is 4.71. The maximum Gasteiger partial charge on any atom is 0.338 e. The molecule has 6 nitrogen and oxygen atoms in total. The molecule has 1 amide bonds. The predicted molar refractivity (Wildman–Crippen MR) is 77.1 cm³/mol. The molecule has 0 aliphatic carbocycles. The average molecular weight is 287 g/mol. The van der Waals surface area contributed by atoms with Crippen molar-refractivity contribution >= 4 is 11.9 Å². The van der Waals surface area contributed by atoms with E-state index in [1.807, 2.05) is 22.9 Å². The van der Waals surface area contributed by atoms with Gasteiger partial charge in [-0.2, -0.15) is 0 Å². The molecule has 0 saturated carbocycles. The zero-order valence-electron chi connectivity index (χ0n) is 11.9. The van der Waals surface area contributed by atoms with Crippen LogP contribution in [0.15, 0.2) is 43.0 Å². The van der Waals surface area contributed by atoms with Crippen LogP contribution in [0.3, 0.4) is 0 Å². The van der Waals surface area contributed by atoms with Crippen molar-refractivity contribution < 1.29 is 14.3 Å². The average Bonchev–Trinajstić information content (AvgIpc) is 2.99. The zero-order valence-corrected chi connectivity index (χ0v) is 11.9. The monoisotopic (exact) mass is 287 g/mol. The Bertz CT molecular complexity index is 606. The number of benzene rings is 1. The normalized spacial score (nSPS) is 11.7. The molecule has 0 aliphatic heterocycles. The number of aromatic nitrogens is 2. The Labute approximate surface area is 122 Å². The summed E-state index contributed by atoms with van der Waals surface area (Å²) in [6.07, 6.45) is 4.81. The number of carbonyl (C=O) groups is 2. The van der Waals surface area contributed by atoms with Crippen LogP contribution in [0, 0.1) is 0 Å². The first-order chi connectivity index (χ1) is 10.1. The first kappa shape index (κ1) is 14.8. The third-order valence-corrected chi connectivity index (χ3v) is 2.85. The summed E-state index contributed by atoms with van der Waals surface area (Å²) in [6, 6.07) is 7.03. The van der Waals surface area contributed by atoms with Gasteiger partial charge in [-0.15, -0.1) is 0 Å². The Morgan fingerprint density at radius 2 is 2.05 bits per heavy atom. The van der Waals surface area contributed by atoms with E-state index in [0.29, 0.717) is 12.1 Å². The van der Waals surface area contributed by atoms with Gasteiger partial charge >= 0.3 is 5.97 Å². The Hall–Kier alpha value is -2.63. The molecule has 6 heteroatoms. The fraction of sp³-hybridized carbons (Fsp3) is 0.267. The van der Waals surface area contributed by atoms with Gasteiger partial charge in [0.2, 0.25) is 5.91 Å². The van der Waals surface area contributed by atoms with E-state index in [2.05, 4.69) is 10.3 Å². The van der Waals surface area contributed by atoms with Crippen LogP contribution in [0.5, 0.6) is 0 Å². The maximum atomic E-state index is 11.9. The fourth-order valence-electron chi connectivity index (χ4n) is 1.76. The topological polar surface area (TPSA) is 73.2 Å². The molecule has 0 saturated heterocycles. The van der Waals surface area contributed by atoms with Gasteiger partial charge in [0.25, 0.3) is 0 Å². The van der Waals surface area contributed by atoms with Gasteiger partial charge in [-0.05, 0) is 31.2 Å². The lowest BCUT2D eigenvalue weighted by atomic mass is 10.2. The lowest BCUT2D eigenvalue weighted by Gasteiger charge is -2.13. The quantitative estimate of drug-likeness (QED) is 0.847. The second-order valence-electron chi connectivity index (χ2n) is 4.67. The van der Waals surface area contributed by atoms with Gasteiger partial charge in [0.15, 0.2) is 0 Å². The molecule has 1 heterocycles. The van der Waals surface area contributed by atoms with Gasteiger partial charge in [0.1, 0.15) is 6.10 Å². The van der Waals surface area contributed by atoms with Crippen LogP contribution in [0.1, 0.15) is 24.2 Å². The van der Waals surface area contributed by atoms with Crippen molar-refractivity contribution in [3.8, 4) is 5.69 Å². The maximum absolute atomic E-state index is 11.9. The molecule has 21 heavy (non-hydrogen) atoms. The summed E-state index contributed by atoms with van der Waals surface area (Å²) in [4.78, 5) is 26.7. The van der Waals surface area contributed by atoms with Crippen molar-refractivity contribution in [2.45, 2.75) is 20.0 Å². The van der Waals surface area contributed by atoms with Crippen LogP contribution in [0.2, 0.25) is 0 Å². The molecule has 0 spiro atoms. The molecule has 0 radical (unpaired) electrons. The molecule has 2 aromatic rings. The number of ether oxygens (including phenoxy) is 1. The molecule has 1 N–H and O–H groups in total. The smallest absolute Gasteiger partial charge is 0.338 e. The number of nitrogens with one attached hydrogen (secondary N) is 1. The molecule has 1 aromatic heterocycles. The molecule has 1 unspecified atom stereocenters. The predicted octanol–water partition coefficient (Wildman–Crippen LogP) is 1.55. The van der Waals surface area contributed by atoms with Crippen LogP contribution in [-0.4, -0.2) is 34.1 Å². The molecule has 110 valence electrons. The lowest BCUT2D eigenvalue weighted by Crippen LogP contribution is -2.31. The standard InChI is InChI=1S/C15H17N3O3/c1-11(9-17-12(2)19)21-15(20)13-3-5-14(6-4-13)18-8-7-16-10-18/h3-8,10-11H,9H2,1-2H3,(H,17,19). The third kappa shape index (κ3) is 4.17. The van der Waals surface area contributed by atoms with Crippen LogP contribution in [0.25, 0.3) is 5.69 Å². The number of carbonyl (C=O) groups excluding carboxylic acids is 2. The van der Waals surface area contributed by atoms with Crippen LogP contribution < -0.4 is 5.32 Å². The van der Waals surface area contributed by atoms with E-state index in [-0.39, 0.29) is 12.0 Å². The van der Waals surface area contributed by atoms with Crippen molar-refractivity contribution in [1.82, 2.24) is 14.9 Å². The third-order valence-electron chi connectivity index (χ3n) is 2.85. The second-order valence-corrected chi connectivity index (χ2v) is 4.67. The fourth-order valence-corrected chi connectivity index (χ4v) is 1.76. The van der Waals surface area contributed by atoms with Crippen molar-refractivity contribution in [2.24, 2.45) is 0 Å².